The molecule has 7 heteroatoms. The smallest absolute Gasteiger partial charge is 0.261 e. The van der Waals surface area contributed by atoms with E-state index in [-0.39, 0.29) is 25.0 Å². The Balaban J connectivity index is 2.28. The number of nitrogens with one attached hydrogen (secondary N) is 1. The van der Waals surface area contributed by atoms with Crippen LogP contribution >= 0.6 is 23.2 Å². The number of benzene rings is 2. The fourth-order valence-electron chi connectivity index (χ4n) is 3.38. The van der Waals surface area contributed by atoms with Crippen molar-refractivity contribution < 1.29 is 14.3 Å². The third-order valence-electron chi connectivity index (χ3n) is 4.88. The molecule has 5 nitrogen and oxygen atoms in total. The van der Waals surface area contributed by atoms with Crippen molar-refractivity contribution in [3.05, 3.63) is 63.1 Å². The number of rotatable bonds is 10. The number of halogens is 2. The summed E-state index contributed by atoms with van der Waals surface area (Å²) >= 11 is 12.7. The molecule has 0 saturated heterocycles. The van der Waals surface area contributed by atoms with Gasteiger partial charge in [-0.25, -0.2) is 0 Å². The molecule has 31 heavy (non-hydrogen) atoms. The molecule has 2 aromatic rings. The maximum atomic E-state index is 13.2. The van der Waals surface area contributed by atoms with Crippen molar-refractivity contribution in [2.75, 3.05) is 13.2 Å². The molecule has 0 saturated carbocycles. The monoisotopic (exact) mass is 464 g/mol. The summed E-state index contributed by atoms with van der Waals surface area (Å²) in [6.45, 7) is 8.26. The van der Waals surface area contributed by atoms with E-state index in [2.05, 4.69) is 5.32 Å². The van der Waals surface area contributed by atoms with E-state index in [4.69, 9.17) is 27.9 Å². The first-order chi connectivity index (χ1) is 14.8. The standard InChI is InChI=1S/C24H30Cl2N2O3/c1-5-10-27-24(30)22(6-2)28(14-19-20(25)8-7-9-21(19)26)23(29)15-31-18-12-16(3)11-17(4)13-18/h7-9,11-13,22H,5-6,10,14-15H2,1-4H3,(H,27,30)/t22-/m0/s1. The van der Waals surface area contributed by atoms with Gasteiger partial charge in [-0.1, -0.05) is 49.2 Å². The number of nitrogens with zero attached hydrogens (tertiary/aromatic N) is 1. The Morgan fingerprint density at radius 1 is 1.06 bits per heavy atom. The first-order valence-corrected chi connectivity index (χ1v) is 11.2. The van der Waals surface area contributed by atoms with Crippen molar-refractivity contribution in [3.8, 4) is 5.75 Å². The fourth-order valence-corrected chi connectivity index (χ4v) is 3.90. The van der Waals surface area contributed by atoms with Gasteiger partial charge in [0.15, 0.2) is 6.61 Å². The molecule has 0 bridgehead atoms. The molecule has 2 aromatic carbocycles. The summed E-state index contributed by atoms with van der Waals surface area (Å²) in [5.41, 5.74) is 2.70. The predicted octanol–water partition coefficient (Wildman–Crippen LogP) is 5.32. The van der Waals surface area contributed by atoms with Crippen LogP contribution in [-0.2, 0) is 16.1 Å². The van der Waals surface area contributed by atoms with Gasteiger partial charge in [-0.3, -0.25) is 9.59 Å². The Morgan fingerprint density at radius 3 is 2.23 bits per heavy atom. The molecule has 2 rings (SSSR count). The predicted molar refractivity (Wildman–Crippen MR) is 126 cm³/mol. The van der Waals surface area contributed by atoms with Gasteiger partial charge in [0, 0.05) is 28.7 Å². The van der Waals surface area contributed by atoms with Crippen LogP contribution < -0.4 is 10.1 Å². The van der Waals surface area contributed by atoms with Crippen LogP contribution in [0.25, 0.3) is 0 Å². The van der Waals surface area contributed by atoms with E-state index >= 15 is 0 Å². The van der Waals surface area contributed by atoms with E-state index < -0.39 is 6.04 Å². The lowest BCUT2D eigenvalue weighted by molar-refractivity contribution is -0.143. The van der Waals surface area contributed by atoms with Crippen LogP contribution in [0.4, 0.5) is 0 Å². The Hall–Kier alpha value is -2.24. The van der Waals surface area contributed by atoms with E-state index in [0.717, 1.165) is 17.5 Å². The number of hydrogen-bond acceptors (Lipinski definition) is 3. The molecular weight excluding hydrogens is 435 g/mol. The van der Waals surface area contributed by atoms with Crippen molar-refractivity contribution in [1.29, 1.82) is 0 Å². The quantitative estimate of drug-likeness (QED) is 0.517. The molecule has 0 aromatic heterocycles. The maximum Gasteiger partial charge on any atom is 0.261 e. The van der Waals surface area contributed by atoms with Crippen LogP contribution in [0, 0.1) is 13.8 Å². The lowest BCUT2D eigenvalue weighted by Crippen LogP contribution is -2.50. The van der Waals surface area contributed by atoms with E-state index in [1.54, 1.807) is 18.2 Å². The highest BCUT2D eigenvalue weighted by molar-refractivity contribution is 6.36. The number of carbonyl (C=O) groups is 2. The average Bonchev–Trinajstić information content (AvgIpc) is 2.71. The molecule has 0 heterocycles. The number of amides is 2. The zero-order chi connectivity index (χ0) is 23.0. The van der Waals surface area contributed by atoms with Gasteiger partial charge < -0.3 is 15.0 Å². The van der Waals surface area contributed by atoms with Gasteiger partial charge in [0.05, 0.1) is 0 Å². The second kappa shape index (κ2) is 12.0. The van der Waals surface area contributed by atoms with Crippen molar-refractivity contribution in [2.45, 2.75) is 53.1 Å². The van der Waals surface area contributed by atoms with Gasteiger partial charge in [-0.15, -0.1) is 0 Å². The molecule has 0 aliphatic carbocycles. The van der Waals surface area contributed by atoms with E-state index in [9.17, 15) is 9.59 Å². The maximum absolute atomic E-state index is 13.2. The summed E-state index contributed by atoms with van der Waals surface area (Å²) in [5.74, 6) is 0.103. The number of hydrogen-bond donors (Lipinski definition) is 1. The van der Waals surface area contributed by atoms with Crippen LogP contribution in [0.2, 0.25) is 10.0 Å². The highest BCUT2D eigenvalue weighted by Gasteiger charge is 2.29. The minimum atomic E-state index is -0.658. The average molecular weight is 465 g/mol. The summed E-state index contributed by atoms with van der Waals surface area (Å²) in [4.78, 5) is 27.5. The van der Waals surface area contributed by atoms with Crippen LogP contribution in [0.15, 0.2) is 36.4 Å². The van der Waals surface area contributed by atoms with E-state index in [1.807, 2.05) is 45.9 Å². The van der Waals surface area contributed by atoms with Crippen LogP contribution in [0.1, 0.15) is 43.4 Å². The molecule has 0 fully saturated rings. The van der Waals surface area contributed by atoms with Gasteiger partial charge >= 0.3 is 0 Å². The van der Waals surface area contributed by atoms with Gasteiger partial charge in [-0.05, 0) is 62.1 Å². The third kappa shape index (κ3) is 7.15. The molecule has 0 spiro atoms. The van der Waals surface area contributed by atoms with Crippen molar-refractivity contribution >= 4 is 35.0 Å². The molecule has 0 aliphatic rings. The summed E-state index contributed by atoms with van der Waals surface area (Å²) in [6, 6.07) is 10.3. The first kappa shape index (κ1) is 25.0. The number of ether oxygens (including phenoxy) is 1. The van der Waals surface area contributed by atoms with Crippen molar-refractivity contribution in [2.24, 2.45) is 0 Å². The second-order valence-corrected chi connectivity index (χ2v) is 8.36. The molecule has 168 valence electrons. The largest absolute Gasteiger partial charge is 0.484 e. The second-order valence-electron chi connectivity index (χ2n) is 7.55. The molecule has 1 N–H and O–H groups in total. The van der Waals surface area contributed by atoms with Crippen molar-refractivity contribution in [1.82, 2.24) is 10.2 Å². The highest BCUT2D eigenvalue weighted by atomic mass is 35.5. The van der Waals surface area contributed by atoms with Crippen molar-refractivity contribution in [3.63, 3.8) is 0 Å². The fraction of sp³-hybridized carbons (Fsp3) is 0.417. The van der Waals surface area contributed by atoms with Gasteiger partial charge in [0.1, 0.15) is 11.8 Å². The Bertz CT molecular complexity index is 877. The molecule has 2 amide bonds. The first-order valence-electron chi connectivity index (χ1n) is 10.5. The Kier molecular flexibility index (Phi) is 9.66. The van der Waals surface area contributed by atoms with Gasteiger partial charge in [0.2, 0.25) is 5.91 Å². The Labute approximate surface area is 194 Å². The topological polar surface area (TPSA) is 58.6 Å². The van der Waals surface area contributed by atoms with Crippen LogP contribution in [-0.4, -0.2) is 35.9 Å². The van der Waals surface area contributed by atoms with Gasteiger partial charge in [-0.2, -0.15) is 0 Å². The molecule has 1 atom stereocenters. The molecule has 0 aliphatic heterocycles. The van der Waals surface area contributed by atoms with Crippen LogP contribution in [0.5, 0.6) is 5.75 Å². The Morgan fingerprint density at radius 2 is 1.68 bits per heavy atom. The minimum absolute atomic E-state index is 0.117. The lowest BCUT2D eigenvalue weighted by Gasteiger charge is -2.31. The summed E-state index contributed by atoms with van der Waals surface area (Å²) in [6.07, 6.45) is 1.26. The highest BCUT2D eigenvalue weighted by Crippen LogP contribution is 2.27. The molecular formula is C24H30Cl2N2O3. The number of aryl methyl sites for hydroxylation is 2. The minimum Gasteiger partial charge on any atom is -0.484 e. The third-order valence-corrected chi connectivity index (χ3v) is 5.59. The van der Waals surface area contributed by atoms with Gasteiger partial charge in [0.25, 0.3) is 5.91 Å². The lowest BCUT2D eigenvalue weighted by atomic mass is 10.1. The molecule has 0 radical (unpaired) electrons. The number of carbonyl (C=O) groups excluding carboxylic acids is 2. The summed E-state index contributed by atoms with van der Waals surface area (Å²) in [7, 11) is 0. The normalized spacial score (nSPS) is 11.7. The summed E-state index contributed by atoms with van der Waals surface area (Å²) in [5, 5.41) is 3.78. The molecule has 0 unspecified atom stereocenters. The zero-order valence-corrected chi connectivity index (χ0v) is 20.0. The van der Waals surface area contributed by atoms with E-state index in [0.29, 0.717) is 34.3 Å². The SMILES string of the molecule is CCCNC(=O)[C@H](CC)N(Cc1c(Cl)cccc1Cl)C(=O)COc1cc(C)cc(C)c1. The summed E-state index contributed by atoms with van der Waals surface area (Å²) < 4.78 is 5.78. The van der Waals surface area contributed by atoms with Crippen LogP contribution in [0.3, 0.4) is 0 Å². The van der Waals surface area contributed by atoms with E-state index in [1.165, 1.54) is 4.90 Å². The zero-order valence-electron chi connectivity index (χ0n) is 18.5.